The van der Waals surface area contributed by atoms with Crippen LogP contribution in [-0.4, -0.2) is 77.6 Å². The maximum Gasteiger partial charge on any atom is 0.201 e. The highest BCUT2D eigenvalue weighted by atomic mass is 32.2. The number of aliphatic imine (C=N–C) groups is 1. The van der Waals surface area contributed by atoms with E-state index in [-0.39, 0.29) is 5.48 Å². The summed E-state index contributed by atoms with van der Waals surface area (Å²) in [6, 6.07) is 8.25. The number of rotatable bonds is 2. The molecule has 2 fully saturated rings. The molecule has 6 nitrogen and oxygen atoms in total. The topological polar surface area (TPSA) is 76.6 Å². The fourth-order valence-corrected chi connectivity index (χ4v) is 3.83. The number of likely N-dealkylation sites (N-methyl/N-ethyl adjacent to an activating group) is 2. The molecule has 122 valence electrons. The number of benzene rings is 1. The third-order valence-electron chi connectivity index (χ3n) is 4.07. The van der Waals surface area contributed by atoms with E-state index in [9.17, 15) is 4.55 Å². The van der Waals surface area contributed by atoms with Crippen molar-refractivity contribution in [2.45, 2.75) is 0 Å². The van der Waals surface area contributed by atoms with Crippen LogP contribution >= 0.6 is 0 Å². The van der Waals surface area contributed by atoms with Gasteiger partial charge < -0.3 is 24.7 Å². The summed E-state index contributed by atoms with van der Waals surface area (Å²) in [6.45, 7) is 3.72. The van der Waals surface area contributed by atoms with Gasteiger partial charge in [-0.1, -0.05) is 23.3 Å². The van der Waals surface area contributed by atoms with Gasteiger partial charge in [-0.05, 0) is 12.1 Å². The predicted octanol–water partition coefficient (Wildman–Crippen LogP) is 0.295. The Morgan fingerprint density at radius 1 is 1.00 bits per heavy atom. The Labute approximate surface area is 134 Å². The number of nitrogens with zero attached hydrogens (tertiary/aromatic N) is 4. The summed E-state index contributed by atoms with van der Waals surface area (Å²) in [5.41, 5.74) is 2.15. The van der Waals surface area contributed by atoms with Crippen molar-refractivity contribution >= 4 is 28.5 Å². The van der Waals surface area contributed by atoms with Crippen LogP contribution in [0.15, 0.2) is 29.3 Å². The maximum absolute atomic E-state index is 11.5. The van der Waals surface area contributed by atoms with Crippen LogP contribution in [0.4, 0.5) is 11.4 Å². The van der Waals surface area contributed by atoms with Crippen LogP contribution in [0.5, 0.6) is 0 Å². The van der Waals surface area contributed by atoms with E-state index in [1.54, 1.807) is 0 Å². The van der Waals surface area contributed by atoms with Crippen molar-refractivity contribution in [1.82, 2.24) is 9.80 Å². The van der Waals surface area contributed by atoms with Gasteiger partial charge in [-0.15, -0.1) is 0 Å². The predicted molar refractivity (Wildman–Crippen MR) is 92.5 cm³/mol. The molecule has 0 aliphatic carbocycles. The zero-order chi connectivity index (χ0) is 14.8. The van der Waals surface area contributed by atoms with E-state index >= 15 is 0 Å². The Bertz CT molecular complexity index is 520. The molecule has 2 saturated heterocycles. The molecular formula is C15H24N4O2S. The van der Waals surface area contributed by atoms with Crippen molar-refractivity contribution in [3.8, 4) is 0 Å². The van der Waals surface area contributed by atoms with Crippen LogP contribution in [0.3, 0.4) is 0 Å². The summed E-state index contributed by atoms with van der Waals surface area (Å²) in [4.78, 5) is 11.5. The Morgan fingerprint density at radius 2 is 1.59 bits per heavy atom. The molecule has 0 unspecified atom stereocenters. The standard InChI is InChI=1S/C15H22N4OS.H2O/c1-17-7-8-18(2)15(17)16-13-5-3-4-6-14(13)19-9-11-21(20)12-10-19;/h3-6H,7-12H2,1-2H3;1H2. The normalized spacial score (nSPS) is 19.4. The molecule has 2 aliphatic heterocycles. The van der Waals surface area contributed by atoms with Crippen molar-refractivity contribution in [1.29, 1.82) is 0 Å². The molecule has 1 aromatic carbocycles. The number of hydrogen-bond donors (Lipinski definition) is 0. The van der Waals surface area contributed by atoms with Gasteiger partial charge in [0.1, 0.15) is 11.5 Å². The van der Waals surface area contributed by atoms with E-state index in [4.69, 9.17) is 4.99 Å². The van der Waals surface area contributed by atoms with Gasteiger partial charge >= 0.3 is 0 Å². The molecule has 0 spiro atoms. The highest BCUT2D eigenvalue weighted by Crippen LogP contribution is 2.30. The number of hydrogen-bond acceptors (Lipinski definition) is 3. The quantitative estimate of drug-likeness (QED) is 0.733. The minimum Gasteiger partial charge on any atom is -0.616 e. The SMILES string of the molecule is CN1CCN(C)C1=Nc1ccccc1N1CC[S+]([O-])CC1.O. The summed E-state index contributed by atoms with van der Waals surface area (Å²) in [6.07, 6.45) is 0. The molecule has 2 aliphatic rings. The molecule has 0 amide bonds. The zero-order valence-corrected chi connectivity index (χ0v) is 14.0. The first-order valence-corrected chi connectivity index (χ1v) is 8.84. The third kappa shape index (κ3) is 3.48. The van der Waals surface area contributed by atoms with E-state index in [1.165, 1.54) is 0 Å². The van der Waals surface area contributed by atoms with Crippen LogP contribution in [0.2, 0.25) is 0 Å². The summed E-state index contributed by atoms with van der Waals surface area (Å²) in [7, 11) is 4.16. The van der Waals surface area contributed by atoms with Gasteiger partial charge in [-0.3, -0.25) is 0 Å². The van der Waals surface area contributed by atoms with Crippen molar-refractivity contribution in [3.63, 3.8) is 0 Å². The van der Waals surface area contributed by atoms with E-state index in [2.05, 4.69) is 40.9 Å². The molecule has 2 N–H and O–H groups in total. The second-order valence-corrected chi connectivity index (χ2v) is 7.27. The fraction of sp³-hybridized carbons (Fsp3) is 0.533. The van der Waals surface area contributed by atoms with Gasteiger partial charge in [0.2, 0.25) is 5.96 Å². The lowest BCUT2D eigenvalue weighted by atomic mass is 10.2. The molecule has 0 radical (unpaired) electrons. The van der Waals surface area contributed by atoms with Gasteiger partial charge in [0, 0.05) is 27.2 Å². The van der Waals surface area contributed by atoms with E-state index in [0.29, 0.717) is 0 Å². The van der Waals surface area contributed by atoms with E-state index < -0.39 is 11.2 Å². The molecule has 0 bridgehead atoms. The van der Waals surface area contributed by atoms with E-state index in [0.717, 1.165) is 55.0 Å². The highest BCUT2D eigenvalue weighted by Gasteiger charge is 2.23. The van der Waals surface area contributed by atoms with Crippen LogP contribution in [0.25, 0.3) is 0 Å². The largest absolute Gasteiger partial charge is 0.616 e. The minimum atomic E-state index is -0.651. The zero-order valence-electron chi connectivity index (χ0n) is 13.2. The molecule has 1 aromatic rings. The number of guanidine groups is 1. The summed E-state index contributed by atoms with van der Waals surface area (Å²) < 4.78 is 11.5. The van der Waals surface area contributed by atoms with Crippen LogP contribution in [0, 0.1) is 0 Å². The van der Waals surface area contributed by atoms with Crippen molar-refractivity contribution in [2.75, 3.05) is 56.7 Å². The second kappa shape index (κ2) is 7.21. The monoisotopic (exact) mass is 324 g/mol. The van der Waals surface area contributed by atoms with E-state index in [1.807, 2.05) is 12.1 Å². The minimum absolute atomic E-state index is 0. The van der Waals surface area contributed by atoms with Crippen LogP contribution in [-0.2, 0) is 11.2 Å². The third-order valence-corrected chi connectivity index (χ3v) is 5.35. The van der Waals surface area contributed by atoms with Crippen LogP contribution in [0.1, 0.15) is 0 Å². The molecule has 22 heavy (non-hydrogen) atoms. The highest BCUT2D eigenvalue weighted by molar-refractivity contribution is 7.91. The Hall–Kier alpha value is -1.44. The van der Waals surface area contributed by atoms with Crippen molar-refractivity contribution in [3.05, 3.63) is 24.3 Å². The van der Waals surface area contributed by atoms with Crippen molar-refractivity contribution < 1.29 is 10.0 Å². The maximum atomic E-state index is 11.5. The molecule has 0 atom stereocenters. The first-order valence-electron chi connectivity index (χ1n) is 7.35. The molecule has 0 aromatic heterocycles. The van der Waals surface area contributed by atoms with Gasteiger partial charge in [-0.2, -0.15) is 0 Å². The smallest absolute Gasteiger partial charge is 0.201 e. The lowest BCUT2D eigenvalue weighted by Gasteiger charge is -2.30. The molecular weight excluding hydrogens is 300 g/mol. The Morgan fingerprint density at radius 3 is 2.23 bits per heavy atom. The molecule has 7 heteroatoms. The average molecular weight is 324 g/mol. The summed E-state index contributed by atoms with van der Waals surface area (Å²) >= 11 is -0.651. The second-order valence-electron chi connectivity index (χ2n) is 5.58. The first kappa shape index (κ1) is 16.9. The lowest BCUT2D eigenvalue weighted by molar-refractivity contribution is 0.553. The lowest BCUT2D eigenvalue weighted by Crippen LogP contribution is -2.40. The fourth-order valence-electron chi connectivity index (χ4n) is 2.77. The Kier molecular flexibility index (Phi) is 5.55. The van der Waals surface area contributed by atoms with Crippen molar-refractivity contribution in [2.24, 2.45) is 4.99 Å². The Balaban J connectivity index is 0.00000176. The van der Waals surface area contributed by atoms with Gasteiger partial charge in [0.15, 0.2) is 0 Å². The number of para-hydroxylation sites is 2. The van der Waals surface area contributed by atoms with Gasteiger partial charge in [0.05, 0.1) is 24.5 Å². The van der Waals surface area contributed by atoms with Gasteiger partial charge in [-0.25, -0.2) is 4.99 Å². The summed E-state index contributed by atoms with van der Waals surface area (Å²) in [5.74, 6) is 2.53. The summed E-state index contributed by atoms with van der Waals surface area (Å²) in [5, 5.41) is 0. The van der Waals surface area contributed by atoms with Gasteiger partial charge in [0.25, 0.3) is 0 Å². The van der Waals surface area contributed by atoms with Crippen LogP contribution < -0.4 is 4.90 Å². The average Bonchev–Trinajstić information content (AvgIpc) is 2.81. The molecule has 3 rings (SSSR count). The molecule has 2 heterocycles. The number of anilines is 1. The first-order chi connectivity index (χ1) is 10.1. The molecule has 0 saturated carbocycles.